The molecule has 0 saturated carbocycles. The molecule has 1 aliphatic heterocycles. The SMILES string of the molecule is CCN(CC)C1CCN(CC(N)CCCOC)C1. The second-order valence-electron chi connectivity index (χ2n) is 5.32. The Labute approximate surface area is 112 Å². The predicted octanol–water partition coefficient (Wildman–Crippen LogP) is 1.16. The quantitative estimate of drug-likeness (QED) is 0.629. The average Bonchev–Trinajstić information content (AvgIpc) is 2.79. The van der Waals surface area contributed by atoms with Gasteiger partial charge < -0.3 is 15.4 Å². The summed E-state index contributed by atoms with van der Waals surface area (Å²) in [6, 6.07) is 1.04. The van der Waals surface area contributed by atoms with Gasteiger partial charge >= 0.3 is 0 Å². The van der Waals surface area contributed by atoms with Crippen LogP contribution in [0, 0.1) is 0 Å². The van der Waals surface area contributed by atoms with Crippen molar-refractivity contribution in [2.24, 2.45) is 5.73 Å². The average molecular weight is 257 g/mol. The van der Waals surface area contributed by atoms with Crippen LogP contribution in [0.4, 0.5) is 0 Å². The van der Waals surface area contributed by atoms with Gasteiger partial charge in [-0.2, -0.15) is 0 Å². The van der Waals surface area contributed by atoms with Crippen molar-refractivity contribution >= 4 is 0 Å². The molecule has 2 N–H and O–H groups in total. The Kier molecular flexibility index (Phi) is 7.82. The fourth-order valence-electron chi connectivity index (χ4n) is 2.93. The third-order valence-corrected chi connectivity index (χ3v) is 3.99. The minimum absolute atomic E-state index is 0.301. The Morgan fingerprint density at radius 1 is 1.39 bits per heavy atom. The van der Waals surface area contributed by atoms with Crippen LogP contribution in [0.3, 0.4) is 0 Å². The molecule has 0 spiro atoms. The smallest absolute Gasteiger partial charge is 0.0462 e. The highest BCUT2D eigenvalue weighted by atomic mass is 16.5. The maximum Gasteiger partial charge on any atom is 0.0462 e. The van der Waals surface area contributed by atoms with Crippen molar-refractivity contribution in [3.63, 3.8) is 0 Å². The van der Waals surface area contributed by atoms with E-state index in [0.717, 1.165) is 45.1 Å². The van der Waals surface area contributed by atoms with E-state index < -0.39 is 0 Å². The summed E-state index contributed by atoms with van der Waals surface area (Å²) >= 11 is 0. The topological polar surface area (TPSA) is 41.7 Å². The number of methoxy groups -OCH3 is 1. The molecule has 2 unspecified atom stereocenters. The molecule has 0 bridgehead atoms. The first kappa shape index (κ1) is 15.9. The van der Waals surface area contributed by atoms with Gasteiger partial charge in [0.25, 0.3) is 0 Å². The standard InChI is InChI=1S/C14H31N3O/c1-4-17(5-2)14-8-9-16(12-14)11-13(15)7-6-10-18-3/h13-14H,4-12,15H2,1-3H3. The minimum atomic E-state index is 0.301. The van der Waals surface area contributed by atoms with E-state index in [-0.39, 0.29) is 0 Å². The number of likely N-dealkylation sites (N-methyl/N-ethyl adjacent to an activating group) is 1. The lowest BCUT2D eigenvalue weighted by Crippen LogP contribution is -2.40. The van der Waals surface area contributed by atoms with Crippen LogP contribution in [0.1, 0.15) is 33.1 Å². The van der Waals surface area contributed by atoms with Crippen molar-refractivity contribution in [1.82, 2.24) is 9.80 Å². The molecule has 0 aromatic heterocycles. The van der Waals surface area contributed by atoms with Gasteiger partial charge in [0.15, 0.2) is 0 Å². The van der Waals surface area contributed by atoms with Crippen LogP contribution >= 0.6 is 0 Å². The van der Waals surface area contributed by atoms with Crippen molar-refractivity contribution in [1.29, 1.82) is 0 Å². The molecule has 0 aromatic rings. The molecule has 0 radical (unpaired) electrons. The van der Waals surface area contributed by atoms with Gasteiger partial charge in [-0.25, -0.2) is 0 Å². The molecular formula is C14H31N3O. The van der Waals surface area contributed by atoms with Crippen molar-refractivity contribution < 1.29 is 4.74 Å². The van der Waals surface area contributed by atoms with E-state index in [1.165, 1.54) is 19.5 Å². The normalized spacial score (nSPS) is 22.8. The lowest BCUT2D eigenvalue weighted by atomic mass is 10.1. The van der Waals surface area contributed by atoms with Crippen LogP contribution in [0.5, 0.6) is 0 Å². The summed E-state index contributed by atoms with van der Waals surface area (Å²) in [6.07, 6.45) is 3.44. The number of nitrogens with two attached hydrogens (primary N) is 1. The zero-order valence-electron chi connectivity index (χ0n) is 12.4. The molecule has 1 heterocycles. The molecule has 1 aliphatic rings. The summed E-state index contributed by atoms with van der Waals surface area (Å²) < 4.78 is 5.06. The molecule has 4 nitrogen and oxygen atoms in total. The Balaban J connectivity index is 2.21. The van der Waals surface area contributed by atoms with Gasteiger partial charge in [0, 0.05) is 38.9 Å². The summed E-state index contributed by atoms with van der Waals surface area (Å²) in [4.78, 5) is 5.09. The highest BCUT2D eigenvalue weighted by molar-refractivity contribution is 4.84. The number of nitrogens with zero attached hydrogens (tertiary/aromatic N) is 2. The first-order valence-electron chi connectivity index (χ1n) is 7.42. The predicted molar refractivity (Wildman–Crippen MR) is 76.9 cm³/mol. The molecule has 0 amide bonds. The molecule has 0 aromatic carbocycles. The number of likely N-dealkylation sites (tertiary alicyclic amines) is 1. The van der Waals surface area contributed by atoms with Gasteiger partial charge in [0.1, 0.15) is 0 Å². The summed E-state index contributed by atoms with van der Waals surface area (Å²) in [5.74, 6) is 0. The first-order chi connectivity index (χ1) is 8.71. The molecular weight excluding hydrogens is 226 g/mol. The van der Waals surface area contributed by atoms with E-state index in [1.54, 1.807) is 7.11 Å². The second-order valence-corrected chi connectivity index (χ2v) is 5.32. The van der Waals surface area contributed by atoms with Gasteiger partial charge in [-0.3, -0.25) is 4.90 Å². The van der Waals surface area contributed by atoms with E-state index >= 15 is 0 Å². The third-order valence-electron chi connectivity index (χ3n) is 3.99. The van der Waals surface area contributed by atoms with Gasteiger partial charge in [0.05, 0.1) is 0 Å². The van der Waals surface area contributed by atoms with Gasteiger partial charge in [-0.05, 0) is 38.9 Å². The number of rotatable bonds is 9. The van der Waals surface area contributed by atoms with Gasteiger partial charge in [-0.15, -0.1) is 0 Å². The van der Waals surface area contributed by atoms with Crippen LogP contribution < -0.4 is 5.73 Å². The van der Waals surface area contributed by atoms with Crippen molar-refractivity contribution in [2.45, 2.75) is 45.2 Å². The van der Waals surface area contributed by atoms with E-state index in [4.69, 9.17) is 10.5 Å². The van der Waals surface area contributed by atoms with Crippen LogP contribution in [-0.4, -0.2) is 68.3 Å². The van der Waals surface area contributed by atoms with E-state index in [2.05, 4.69) is 23.6 Å². The molecule has 0 aliphatic carbocycles. The van der Waals surface area contributed by atoms with Crippen LogP contribution in [-0.2, 0) is 4.74 Å². The second kappa shape index (κ2) is 8.86. The Morgan fingerprint density at radius 3 is 2.72 bits per heavy atom. The summed E-state index contributed by atoms with van der Waals surface area (Å²) in [5, 5.41) is 0. The number of hydrogen-bond donors (Lipinski definition) is 1. The van der Waals surface area contributed by atoms with Crippen molar-refractivity contribution in [2.75, 3.05) is 46.4 Å². The summed E-state index contributed by atoms with van der Waals surface area (Å²) in [7, 11) is 1.75. The zero-order valence-corrected chi connectivity index (χ0v) is 12.4. The van der Waals surface area contributed by atoms with Gasteiger partial charge in [-0.1, -0.05) is 13.8 Å². The van der Waals surface area contributed by atoms with Crippen molar-refractivity contribution in [3.8, 4) is 0 Å². The molecule has 18 heavy (non-hydrogen) atoms. The fourth-order valence-corrected chi connectivity index (χ4v) is 2.93. The van der Waals surface area contributed by atoms with E-state index in [9.17, 15) is 0 Å². The molecule has 1 saturated heterocycles. The number of hydrogen-bond acceptors (Lipinski definition) is 4. The summed E-state index contributed by atoms with van der Waals surface area (Å²) in [6.45, 7) is 11.1. The van der Waals surface area contributed by atoms with E-state index in [1.807, 2.05) is 0 Å². The van der Waals surface area contributed by atoms with Crippen LogP contribution in [0.15, 0.2) is 0 Å². The van der Waals surface area contributed by atoms with Crippen molar-refractivity contribution in [3.05, 3.63) is 0 Å². The minimum Gasteiger partial charge on any atom is -0.385 e. The largest absolute Gasteiger partial charge is 0.385 e. The monoisotopic (exact) mass is 257 g/mol. The lowest BCUT2D eigenvalue weighted by Gasteiger charge is -2.27. The van der Waals surface area contributed by atoms with Crippen LogP contribution in [0.2, 0.25) is 0 Å². The zero-order chi connectivity index (χ0) is 13.4. The Morgan fingerprint density at radius 2 is 2.11 bits per heavy atom. The maximum atomic E-state index is 6.17. The lowest BCUT2D eigenvalue weighted by molar-refractivity contribution is 0.184. The highest BCUT2D eigenvalue weighted by Gasteiger charge is 2.26. The summed E-state index contributed by atoms with van der Waals surface area (Å²) in [5.41, 5.74) is 6.17. The Bertz CT molecular complexity index is 209. The first-order valence-corrected chi connectivity index (χ1v) is 7.42. The number of ether oxygens (including phenoxy) is 1. The molecule has 108 valence electrons. The van der Waals surface area contributed by atoms with Crippen LogP contribution in [0.25, 0.3) is 0 Å². The highest BCUT2D eigenvalue weighted by Crippen LogP contribution is 2.15. The Hall–Kier alpha value is -0.160. The molecule has 4 heteroatoms. The molecule has 2 atom stereocenters. The van der Waals surface area contributed by atoms with Gasteiger partial charge in [0.2, 0.25) is 0 Å². The third kappa shape index (κ3) is 5.22. The molecule has 1 fully saturated rings. The fraction of sp³-hybridized carbons (Fsp3) is 1.00. The molecule has 1 rings (SSSR count). The van der Waals surface area contributed by atoms with E-state index in [0.29, 0.717) is 6.04 Å². The maximum absolute atomic E-state index is 6.17.